The summed E-state index contributed by atoms with van der Waals surface area (Å²) in [5.74, 6) is 0.540. The molecule has 0 saturated carbocycles. The van der Waals surface area contributed by atoms with E-state index in [0.29, 0.717) is 19.0 Å². The molecule has 1 aliphatic heterocycles. The van der Waals surface area contributed by atoms with E-state index in [0.717, 1.165) is 29.7 Å². The van der Waals surface area contributed by atoms with Crippen molar-refractivity contribution < 1.29 is 4.79 Å². The molecular formula is C23H26N4O. The van der Waals surface area contributed by atoms with Crippen molar-refractivity contribution in [3.63, 3.8) is 0 Å². The molecule has 1 N–H and O–H groups in total. The number of benzene rings is 2. The number of amides is 2. The van der Waals surface area contributed by atoms with E-state index in [-0.39, 0.29) is 6.03 Å². The van der Waals surface area contributed by atoms with Crippen molar-refractivity contribution in [2.45, 2.75) is 19.8 Å². The molecule has 2 amide bonds. The number of urea groups is 1. The van der Waals surface area contributed by atoms with Crippen LogP contribution in [0.3, 0.4) is 0 Å². The van der Waals surface area contributed by atoms with Crippen molar-refractivity contribution >= 4 is 28.3 Å². The van der Waals surface area contributed by atoms with Gasteiger partial charge in [-0.1, -0.05) is 44.2 Å². The molecule has 0 unspecified atom stereocenters. The van der Waals surface area contributed by atoms with Crippen molar-refractivity contribution in [3.8, 4) is 0 Å². The van der Waals surface area contributed by atoms with E-state index in [1.165, 1.54) is 11.3 Å². The highest BCUT2D eigenvalue weighted by Crippen LogP contribution is 2.23. The van der Waals surface area contributed by atoms with E-state index in [9.17, 15) is 4.79 Å². The Morgan fingerprint density at radius 2 is 1.68 bits per heavy atom. The van der Waals surface area contributed by atoms with Crippen LogP contribution in [-0.2, 0) is 0 Å². The van der Waals surface area contributed by atoms with Gasteiger partial charge in [0.25, 0.3) is 0 Å². The van der Waals surface area contributed by atoms with Crippen LogP contribution < -0.4 is 10.2 Å². The fraction of sp³-hybridized carbons (Fsp3) is 0.304. The standard InChI is InChI=1S/C23H26N4O/c1-17(2)18-8-10-20(11-9-18)26-13-15-27(16-14-26)23(28)25-21-7-3-5-19-6-4-12-24-22(19)21/h3-12,17H,13-16H2,1-2H3,(H,25,28). The Hall–Kier alpha value is -3.08. The van der Waals surface area contributed by atoms with E-state index >= 15 is 0 Å². The molecule has 0 aliphatic carbocycles. The summed E-state index contributed by atoms with van der Waals surface area (Å²) >= 11 is 0. The lowest BCUT2D eigenvalue weighted by Crippen LogP contribution is -2.50. The van der Waals surface area contributed by atoms with Crippen LogP contribution in [0.25, 0.3) is 10.9 Å². The number of pyridine rings is 1. The summed E-state index contributed by atoms with van der Waals surface area (Å²) in [7, 11) is 0. The predicted octanol–water partition coefficient (Wildman–Crippen LogP) is 4.71. The van der Waals surface area contributed by atoms with E-state index in [4.69, 9.17) is 0 Å². The zero-order chi connectivity index (χ0) is 19.5. The third-order valence-electron chi connectivity index (χ3n) is 5.37. The molecule has 5 nitrogen and oxygen atoms in total. The molecule has 28 heavy (non-hydrogen) atoms. The van der Waals surface area contributed by atoms with Gasteiger partial charge in [0.05, 0.1) is 11.2 Å². The van der Waals surface area contributed by atoms with Gasteiger partial charge in [-0.2, -0.15) is 0 Å². The van der Waals surface area contributed by atoms with Crippen LogP contribution in [0.15, 0.2) is 60.8 Å². The molecule has 0 atom stereocenters. The molecule has 1 aliphatic rings. The van der Waals surface area contributed by atoms with Gasteiger partial charge in [0.15, 0.2) is 0 Å². The number of piperazine rings is 1. The van der Waals surface area contributed by atoms with E-state index < -0.39 is 0 Å². The molecular weight excluding hydrogens is 348 g/mol. The van der Waals surface area contributed by atoms with Crippen molar-refractivity contribution in [1.82, 2.24) is 9.88 Å². The van der Waals surface area contributed by atoms with Gasteiger partial charge >= 0.3 is 6.03 Å². The van der Waals surface area contributed by atoms with Gasteiger partial charge in [-0.3, -0.25) is 4.98 Å². The molecule has 4 rings (SSSR count). The fourth-order valence-corrected chi connectivity index (χ4v) is 3.64. The number of rotatable bonds is 3. The Morgan fingerprint density at radius 3 is 2.39 bits per heavy atom. The summed E-state index contributed by atoms with van der Waals surface area (Å²) in [6.45, 7) is 7.49. The Bertz CT molecular complexity index is 955. The molecule has 1 fully saturated rings. The first kappa shape index (κ1) is 18.3. The molecule has 1 aromatic heterocycles. The number of carbonyl (C=O) groups excluding carboxylic acids is 1. The lowest BCUT2D eigenvalue weighted by Gasteiger charge is -2.36. The highest BCUT2D eigenvalue weighted by atomic mass is 16.2. The third-order valence-corrected chi connectivity index (χ3v) is 5.37. The summed E-state index contributed by atoms with van der Waals surface area (Å²) < 4.78 is 0. The molecule has 5 heteroatoms. The van der Waals surface area contributed by atoms with E-state index in [2.05, 4.69) is 53.3 Å². The number of hydrogen-bond acceptors (Lipinski definition) is 3. The predicted molar refractivity (Wildman–Crippen MR) is 115 cm³/mol. The van der Waals surface area contributed by atoms with Crippen LogP contribution in [0.1, 0.15) is 25.3 Å². The summed E-state index contributed by atoms with van der Waals surface area (Å²) in [6, 6.07) is 18.5. The minimum absolute atomic E-state index is 0.0621. The van der Waals surface area contributed by atoms with Gasteiger partial charge in [0, 0.05) is 43.4 Å². The zero-order valence-electron chi connectivity index (χ0n) is 16.4. The Kier molecular flexibility index (Phi) is 5.15. The quantitative estimate of drug-likeness (QED) is 0.722. The van der Waals surface area contributed by atoms with Gasteiger partial charge in [0.2, 0.25) is 0 Å². The number of hydrogen-bond donors (Lipinski definition) is 1. The maximum Gasteiger partial charge on any atom is 0.322 e. The number of fused-ring (bicyclic) bond motifs is 1. The molecule has 144 valence electrons. The number of nitrogens with zero attached hydrogens (tertiary/aromatic N) is 3. The number of anilines is 2. The zero-order valence-corrected chi connectivity index (χ0v) is 16.4. The highest BCUT2D eigenvalue weighted by Gasteiger charge is 2.22. The minimum atomic E-state index is -0.0621. The van der Waals surface area contributed by atoms with Crippen molar-refractivity contribution in [3.05, 3.63) is 66.4 Å². The van der Waals surface area contributed by atoms with Gasteiger partial charge < -0.3 is 15.1 Å². The van der Waals surface area contributed by atoms with Crippen LogP contribution >= 0.6 is 0 Å². The second-order valence-electron chi connectivity index (χ2n) is 7.53. The highest BCUT2D eigenvalue weighted by molar-refractivity contribution is 5.99. The molecule has 0 bridgehead atoms. The van der Waals surface area contributed by atoms with E-state index in [1.807, 2.05) is 35.2 Å². The molecule has 1 saturated heterocycles. The molecule has 2 heterocycles. The van der Waals surface area contributed by atoms with Gasteiger partial charge in [-0.05, 0) is 35.7 Å². The van der Waals surface area contributed by atoms with Gasteiger partial charge in [-0.15, -0.1) is 0 Å². The second kappa shape index (κ2) is 7.89. The number of aromatic nitrogens is 1. The van der Waals surface area contributed by atoms with Crippen molar-refractivity contribution in [1.29, 1.82) is 0 Å². The van der Waals surface area contributed by atoms with E-state index in [1.54, 1.807) is 6.20 Å². The average Bonchev–Trinajstić information content (AvgIpc) is 2.74. The lowest BCUT2D eigenvalue weighted by molar-refractivity contribution is 0.208. The van der Waals surface area contributed by atoms with Crippen LogP contribution in [-0.4, -0.2) is 42.1 Å². The summed E-state index contributed by atoms with van der Waals surface area (Å²) in [4.78, 5) is 21.4. The van der Waals surface area contributed by atoms with Crippen molar-refractivity contribution in [2.24, 2.45) is 0 Å². The van der Waals surface area contributed by atoms with Crippen LogP contribution in [0, 0.1) is 0 Å². The molecule has 0 spiro atoms. The Balaban J connectivity index is 1.38. The van der Waals surface area contributed by atoms with Crippen LogP contribution in [0.2, 0.25) is 0 Å². The molecule has 3 aromatic rings. The second-order valence-corrected chi connectivity index (χ2v) is 7.53. The monoisotopic (exact) mass is 374 g/mol. The summed E-state index contributed by atoms with van der Waals surface area (Å²) in [6.07, 6.45) is 1.75. The minimum Gasteiger partial charge on any atom is -0.368 e. The normalized spacial score (nSPS) is 14.5. The molecule has 2 aromatic carbocycles. The first-order chi connectivity index (χ1) is 13.6. The first-order valence-corrected chi connectivity index (χ1v) is 9.86. The number of carbonyl (C=O) groups is 1. The van der Waals surface area contributed by atoms with Crippen LogP contribution in [0.5, 0.6) is 0 Å². The number of nitrogens with one attached hydrogen (secondary N) is 1. The average molecular weight is 374 g/mol. The summed E-state index contributed by atoms with van der Waals surface area (Å²) in [5.41, 5.74) is 4.16. The largest absolute Gasteiger partial charge is 0.368 e. The maximum atomic E-state index is 12.7. The maximum absolute atomic E-state index is 12.7. The lowest BCUT2D eigenvalue weighted by atomic mass is 10.0. The van der Waals surface area contributed by atoms with Crippen molar-refractivity contribution in [2.75, 3.05) is 36.4 Å². The van der Waals surface area contributed by atoms with Gasteiger partial charge in [0.1, 0.15) is 0 Å². The SMILES string of the molecule is CC(C)c1ccc(N2CCN(C(=O)Nc3cccc4cccnc34)CC2)cc1. The third kappa shape index (κ3) is 3.79. The first-order valence-electron chi connectivity index (χ1n) is 9.86. The fourth-order valence-electron chi connectivity index (χ4n) is 3.64. The molecule has 0 radical (unpaired) electrons. The van der Waals surface area contributed by atoms with Crippen LogP contribution in [0.4, 0.5) is 16.2 Å². The smallest absolute Gasteiger partial charge is 0.322 e. The Morgan fingerprint density at radius 1 is 0.964 bits per heavy atom. The topological polar surface area (TPSA) is 48.5 Å². The summed E-state index contributed by atoms with van der Waals surface area (Å²) in [5, 5.41) is 4.06. The van der Waals surface area contributed by atoms with Gasteiger partial charge in [-0.25, -0.2) is 4.79 Å². The Labute approximate surface area is 166 Å². The number of para-hydroxylation sites is 1.